The standard InChI is InChI=1S/C18H23F2N3O3/c1-3-4-5-6-10-21-14(24)11-23-16(25)18(2,22-17(23)26)15-12(19)8-7-9-13(15)20/h7-9H,3-6,10-11H2,1-2H3,(H,21,24)(H,22,26). The fourth-order valence-corrected chi connectivity index (χ4v) is 2.96. The number of benzene rings is 1. The first-order chi connectivity index (χ1) is 12.3. The van der Waals surface area contributed by atoms with E-state index in [1.165, 1.54) is 13.0 Å². The molecule has 0 aliphatic carbocycles. The van der Waals surface area contributed by atoms with Gasteiger partial charge in [-0.25, -0.2) is 13.6 Å². The predicted molar refractivity (Wildman–Crippen MR) is 91.1 cm³/mol. The zero-order chi connectivity index (χ0) is 19.3. The lowest BCUT2D eigenvalue weighted by Gasteiger charge is -2.23. The van der Waals surface area contributed by atoms with E-state index in [0.717, 1.165) is 37.8 Å². The van der Waals surface area contributed by atoms with Gasteiger partial charge in [-0.3, -0.25) is 14.5 Å². The smallest absolute Gasteiger partial charge is 0.325 e. The quantitative estimate of drug-likeness (QED) is 0.547. The summed E-state index contributed by atoms with van der Waals surface area (Å²) in [5.74, 6) is -3.25. The molecule has 0 aromatic heterocycles. The normalized spacial score (nSPS) is 19.6. The van der Waals surface area contributed by atoms with Crippen LogP contribution in [0.2, 0.25) is 0 Å². The lowest BCUT2D eigenvalue weighted by atomic mass is 9.91. The summed E-state index contributed by atoms with van der Waals surface area (Å²) in [6.45, 7) is 3.24. The average molecular weight is 367 g/mol. The zero-order valence-corrected chi connectivity index (χ0v) is 14.9. The summed E-state index contributed by atoms with van der Waals surface area (Å²) < 4.78 is 28.1. The molecule has 8 heteroatoms. The maximum atomic E-state index is 14.1. The van der Waals surface area contributed by atoms with Crippen molar-refractivity contribution in [3.63, 3.8) is 0 Å². The fraction of sp³-hybridized carbons (Fsp3) is 0.500. The summed E-state index contributed by atoms with van der Waals surface area (Å²) in [4.78, 5) is 37.4. The van der Waals surface area contributed by atoms with E-state index in [1.54, 1.807) is 0 Å². The maximum absolute atomic E-state index is 14.1. The van der Waals surface area contributed by atoms with E-state index in [-0.39, 0.29) is 0 Å². The Kier molecular flexibility index (Phi) is 6.28. The van der Waals surface area contributed by atoms with Crippen molar-refractivity contribution in [2.24, 2.45) is 0 Å². The molecule has 0 saturated carbocycles. The molecule has 26 heavy (non-hydrogen) atoms. The van der Waals surface area contributed by atoms with Crippen LogP contribution < -0.4 is 10.6 Å². The molecule has 2 rings (SSSR count). The number of nitrogens with zero attached hydrogens (tertiary/aromatic N) is 1. The van der Waals surface area contributed by atoms with Crippen LogP contribution in [0.4, 0.5) is 13.6 Å². The number of hydrogen-bond acceptors (Lipinski definition) is 3. The van der Waals surface area contributed by atoms with Crippen LogP contribution in [-0.4, -0.2) is 35.8 Å². The summed E-state index contributed by atoms with van der Waals surface area (Å²) in [5.41, 5.74) is -2.44. The van der Waals surface area contributed by atoms with Gasteiger partial charge in [-0.05, 0) is 25.5 Å². The van der Waals surface area contributed by atoms with Gasteiger partial charge in [-0.2, -0.15) is 0 Å². The predicted octanol–water partition coefficient (Wildman–Crippen LogP) is 2.43. The van der Waals surface area contributed by atoms with Crippen molar-refractivity contribution in [1.82, 2.24) is 15.5 Å². The Morgan fingerprint density at radius 3 is 2.46 bits per heavy atom. The first-order valence-corrected chi connectivity index (χ1v) is 8.66. The Balaban J connectivity index is 2.05. The number of rotatable bonds is 8. The third-order valence-electron chi connectivity index (χ3n) is 4.39. The van der Waals surface area contributed by atoms with Gasteiger partial charge in [0, 0.05) is 6.54 Å². The van der Waals surface area contributed by atoms with E-state index in [0.29, 0.717) is 11.4 Å². The summed E-state index contributed by atoms with van der Waals surface area (Å²) in [5, 5.41) is 4.93. The van der Waals surface area contributed by atoms with E-state index >= 15 is 0 Å². The SMILES string of the molecule is CCCCCCNC(=O)CN1C(=O)NC(C)(c2c(F)cccc2F)C1=O. The fourth-order valence-electron chi connectivity index (χ4n) is 2.96. The van der Waals surface area contributed by atoms with Crippen LogP contribution in [0.5, 0.6) is 0 Å². The van der Waals surface area contributed by atoms with Gasteiger partial charge >= 0.3 is 6.03 Å². The molecule has 1 aliphatic heterocycles. The highest BCUT2D eigenvalue weighted by atomic mass is 19.1. The van der Waals surface area contributed by atoms with Crippen molar-refractivity contribution in [1.29, 1.82) is 0 Å². The van der Waals surface area contributed by atoms with Crippen molar-refractivity contribution >= 4 is 17.8 Å². The van der Waals surface area contributed by atoms with Gasteiger partial charge in [-0.15, -0.1) is 0 Å². The van der Waals surface area contributed by atoms with Crippen LogP contribution in [0.25, 0.3) is 0 Å². The van der Waals surface area contributed by atoms with Gasteiger partial charge in [0.15, 0.2) is 0 Å². The molecule has 6 nitrogen and oxygen atoms in total. The van der Waals surface area contributed by atoms with Crippen LogP contribution >= 0.6 is 0 Å². The molecule has 4 amide bonds. The van der Waals surface area contributed by atoms with Crippen molar-refractivity contribution in [2.45, 2.75) is 45.1 Å². The molecule has 1 saturated heterocycles. The Hall–Kier alpha value is -2.51. The third kappa shape index (κ3) is 4.00. The monoisotopic (exact) mass is 367 g/mol. The third-order valence-corrected chi connectivity index (χ3v) is 4.39. The van der Waals surface area contributed by atoms with Crippen molar-refractivity contribution in [3.8, 4) is 0 Å². The summed E-state index contributed by atoms with van der Waals surface area (Å²) >= 11 is 0. The van der Waals surface area contributed by atoms with Crippen molar-refractivity contribution in [2.75, 3.05) is 13.1 Å². The number of urea groups is 1. The van der Waals surface area contributed by atoms with Gasteiger partial charge < -0.3 is 10.6 Å². The molecule has 1 atom stereocenters. The number of halogens is 2. The number of unbranched alkanes of at least 4 members (excludes halogenated alkanes) is 3. The first-order valence-electron chi connectivity index (χ1n) is 8.66. The summed E-state index contributed by atoms with van der Waals surface area (Å²) in [6.07, 6.45) is 3.92. The molecule has 1 aliphatic rings. The van der Waals surface area contributed by atoms with Crippen LogP contribution in [0, 0.1) is 11.6 Å². The number of hydrogen-bond donors (Lipinski definition) is 2. The molecule has 0 radical (unpaired) electrons. The first kappa shape index (κ1) is 19.8. The number of carbonyl (C=O) groups is 3. The number of nitrogens with one attached hydrogen (secondary N) is 2. The topological polar surface area (TPSA) is 78.5 Å². The van der Waals surface area contributed by atoms with E-state index < -0.39 is 47.1 Å². The van der Waals surface area contributed by atoms with E-state index in [9.17, 15) is 23.2 Å². The van der Waals surface area contributed by atoms with Crippen molar-refractivity contribution < 1.29 is 23.2 Å². The lowest BCUT2D eigenvalue weighted by Crippen LogP contribution is -2.44. The Morgan fingerprint density at radius 2 is 1.85 bits per heavy atom. The van der Waals surface area contributed by atoms with E-state index in [2.05, 4.69) is 17.6 Å². The molecule has 1 aromatic carbocycles. The summed E-state index contributed by atoms with van der Waals surface area (Å²) in [7, 11) is 0. The summed E-state index contributed by atoms with van der Waals surface area (Å²) in [6, 6.07) is 2.33. The van der Waals surface area contributed by atoms with Crippen LogP contribution in [-0.2, 0) is 15.1 Å². The van der Waals surface area contributed by atoms with Crippen LogP contribution in [0.3, 0.4) is 0 Å². The molecule has 1 aromatic rings. The number of imide groups is 1. The zero-order valence-electron chi connectivity index (χ0n) is 14.9. The van der Waals surface area contributed by atoms with Crippen LogP contribution in [0.15, 0.2) is 18.2 Å². The highest BCUT2D eigenvalue weighted by Gasteiger charge is 2.52. The second-order valence-electron chi connectivity index (χ2n) is 6.45. The van der Waals surface area contributed by atoms with Gasteiger partial charge in [0.2, 0.25) is 5.91 Å². The minimum Gasteiger partial charge on any atom is -0.355 e. The minimum atomic E-state index is -1.89. The Labute approximate surface area is 150 Å². The molecular formula is C18H23F2N3O3. The highest BCUT2D eigenvalue weighted by Crippen LogP contribution is 2.32. The number of carbonyl (C=O) groups excluding carboxylic acids is 3. The Bertz CT molecular complexity index is 691. The average Bonchev–Trinajstić information content (AvgIpc) is 2.78. The molecule has 1 heterocycles. The molecule has 1 unspecified atom stereocenters. The molecular weight excluding hydrogens is 344 g/mol. The largest absolute Gasteiger partial charge is 0.355 e. The van der Waals surface area contributed by atoms with Crippen molar-refractivity contribution in [3.05, 3.63) is 35.4 Å². The van der Waals surface area contributed by atoms with Gasteiger partial charge in [0.25, 0.3) is 5.91 Å². The second-order valence-corrected chi connectivity index (χ2v) is 6.45. The van der Waals surface area contributed by atoms with E-state index in [1.807, 2.05) is 0 Å². The molecule has 1 fully saturated rings. The van der Waals surface area contributed by atoms with Crippen LogP contribution in [0.1, 0.15) is 45.1 Å². The second kappa shape index (κ2) is 8.25. The lowest BCUT2D eigenvalue weighted by molar-refractivity contribution is -0.135. The highest BCUT2D eigenvalue weighted by molar-refractivity contribution is 6.09. The molecule has 142 valence electrons. The molecule has 0 bridgehead atoms. The Morgan fingerprint density at radius 1 is 1.19 bits per heavy atom. The van der Waals surface area contributed by atoms with Gasteiger partial charge in [0.1, 0.15) is 23.7 Å². The van der Waals surface area contributed by atoms with Gasteiger partial charge in [-0.1, -0.05) is 32.3 Å². The maximum Gasteiger partial charge on any atom is 0.325 e. The van der Waals surface area contributed by atoms with Gasteiger partial charge in [0.05, 0.1) is 5.56 Å². The molecule has 2 N–H and O–H groups in total. The molecule has 0 spiro atoms. The number of amides is 4. The minimum absolute atomic E-state index is 0.446. The van der Waals surface area contributed by atoms with E-state index in [4.69, 9.17) is 0 Å².